The summed E-state index contributed by atoms with van der Waals surface area (Å²) in [4.78, 5) is 12.2. The van der Waals surface area contributed by atoms with E-state index in [-0.39, 0.29) is 22.1 Å². The van der Waals surface area contributed by atoms with Gasteiger partial charge in [-0.15, -0.1) is 0 Å². The van der Waals surface area contributed by atoms with E-state index in [2.05, 4.69) is 10.6 Å². The van der Waals surface area contributed by atoms with Gasteiger partial charge >= 0.3 is 0 Å². The van der Waals surface area contributed by atoms with Crippen LogP contribution in [-0.4, -0.2) is 39.7 Å². The molecule has 1 aliphatic heterocycles. The molecular weight excluding hydrogens is 264 g/mol. The summed E-state index contributed by atoms with van der Waals surface area (Å²) in [6.07, 6.45) is 0. The van der Waals surface area contributed by atoms with Gasteiger partial charge in [0.2, 0.25) is 0 Å². The number of amides is 1. The summed E-state index contributed by atoms with van der Waals surface area (Å²) in [7, 11) is -3.38. The monoisotopic (exact) mass is 282 g/mol. The predicted octanol–water partition coefficient (Wildman–Crippen LogP) is 0.429. The lowest BCUT2D eigenvalue weighted by molar-refractivity contribution is 0.0939. The van der Waals surface area contributed by atoms with E-state index in [1.165, 1.54) is 6.07 Å². The molecule has 0 atom stereocenters. The molecule has 1 amide bonds. The van der Waals surface area contributed by atoms with Crippen LogP contribution in [0.25, 0.3) is 0 Å². The average molecular weight is 282 g/mol. The number of carbonyl (C=O) groups excluding carboxylic acids is 1. The molecule has 1 heterocycles. The molecule has 0 aromatic heterocycles. The number of carbonyl (C=O) groups is 1. The average Bonchev–Trinajstić information content (AvgIpc) is 2.36. The number of hydrogen-bond donors (Lipinski definition) is 2. The zero-order valence-electron chi connectivity index (χ0n) is 10.8. The summed E-state index contributed by atoms with van der Waals surface area (Å²) in [5, 5.41) is 5.92. The fourth-order valence-corrected chi connectivity index (χ4v) is 3.00. The second kappa shape index (κ2) is 5.71. The van der Waals surface area contributed by atoms with Crippen LogP contribution in [0.5, 0.6) is 0 Å². The van der Waals surface area contributed by atoms with Crippen LogP contribution in [0, 0.1) is 5.92 Å². The largest absolute Gasteiger partial charge is 0.352 e. The van der Waals surface area contributed by atoms with E-state index in [1.807, 2.05) is 0 Å². The van der Waals surface area contributed by atoms with Crippen molar-refractivity contribution < 1.29 is 13.2 Å². The third-order valence-corrected chi connectivity index (χ3v) is 5.05. The Kier molecular flexibility index (Phi) is 4.21. The standard InChI is InChI=1S/C13H18N2O3S/c1-2-19(17,18)12-6-4-3-5-11(12)13(16)15-9-10-7-14-8-10/h3-6,10,14H,2,7-9H2,1H3,(H,15,16). The first-order chi connectivity index (χ1) is 9.04. The van der Waals surface area contributed by atoms with Gasteiger partial charge in [-0.2, -0.15) is 0 Å². The van der Waals surface area contributed by atoms with Gasteiger partial charge in [-0.3, -0.25) is 4.79 Å². The van der Waals surface area contributed by atoms with Gasteiger partial charge < -0.3 is 10.6 Å². The van der Waals surface area contributed by atoms with Crippen LogP contribution in [0.1, 0.15) is 17.3 Å². The summed E-state index contributed by atoms with van der Waals surface area (Å²) in [5.74, 6) is 0.113. The van der Waals surface area contributed by atoms with Crippen LogP contribution in [-0.2, 0) is 9.84 Å². The first-order valence-electron chi connectivity index (χ1n) is 6.35. The smallest absolute Gasteiger partial charge is 0.252 e. The van der Waals surface area contributed by atoms with E-state index in [0.29, 0.717) is 12.5 Å². The molecule has 1 aromatic rings. The molecule has 1 aromatic carbocycles. The van der Waals surface area contributed by atoms with Crippen LogP contribution in [0.3, 0.4) is 0 Å². The quantitative estimate of drug-likeness (QED) is 0.821. The second-order valence-electron chi connectivity index (χ2n) is 4.63. The highest BCUT2D eigenvalue weighted by Crippen LogP contribution is 2.17. The molecule has 19 heavy (non-hydrogen) atoms. The third-order valence-electron chi connectivity index (χ3n) is 3.26. The van der Waals surface area contributed by atoms with Crippen LogP contribution < -0.4 is 10.6 Å². The van der Waals surface area contributed by atoms with Gasteiger partial charge in [-0.25, -0.2) is 8.42 Å². The van der Waals surface area contributed by atoms with Crippen molar-refractivity contribution in [2.75, 3.05) is 25.4 Å². The summed E-state index contributed by atoms with van der Waals surface area (Å²) >= 11 is 0. The maximum absolute atomic E-state index is 12.1. The Morgan fingerprint density at radius 1 is 1.37 bits per heavy atom. The zero-order valence-corrected chi connectivity index (χ0v) is 11.7. The van der Waals surface area contributed by atoms with Gasteiger partial charge in [0, 0.05) is 25.6 Å². The van der Waals surface area contributed by atoms with Gasteiger partial charge in [-0.05, 0) is 12.1 Å². The lowest BCUT2D eigenvalue weighted by atomic mass is 10.0. The van der Waals surface area contributed by atoms with Gasteiger partial charge in [0.15, 0.2) is 9.84 Å². The minimum atomic E-state index is -3.38. The van der Waals surface area contributed by atoms with Crippen molar-refractivity contribution in [2.45, 2.75) is 11.8 Å². The van der Waals surface area contributed by atoms with E-state index in [0.717, 1.165) is 13.1 Å². The molecule has 0 bridgehead atoms. The van der Waals surface area contributed by atoms with Crippen molar-refractivity contribution in [3.63, 3.8) is 0 Å². The molecule has 2 rings (SSSR count). The fraction of sp³-hybridized carbons (Fsp3) is 0.462. The van der Waals surface area contributed by atoms with Crippen molar-refractivity contribution in [3.8, 4) is 0 Å². The maximum Gasteiger partial charge on any atom is 0.252 e. The first-order valence-corrected chi connectivity index (χ1v) is 8.00. The normalized spacial score (nSPS) is 15.8. The lowest BCUT2D eigenvalue weighted by Gasteiger charge is -2.27. The highest BCUT2D eigenvalue weighted by molar-refractivity contribution is 7.91. The number of benzene rings is 1. The van der Waals surface area contributed by atoms with Crippen molar-refractivity contribution in [1.29, 1.82) is 0 Å². The number of hydrogen-bond acceptors (Lipinski definition) is 4. The molecule has 0 saturated carbocycles. The van der Waals surface area contributed by atoms with Crippen LogP contribution in [0.2, 0.25) is 0 Å². The third kappa shape index (κ3) is 3.13. The van der Waals surface area contributed by atoms with Crippen molar-refractivity contribution in [3.05, 3.63) is 29.8 Å². The lowest BCUT2D eigenvalue weighted by Crippen LogP contribution is -2.48. The molecule has 0 unspecified atom stereocenters. The van der Waals surface area contributed by atoms with Gasteiger partial charge in [-0.1, -0.05) is 19.1 Å². The van der Waals surface area contributed by atoms with Gasteiger partial charge in [0.25, 0.3) is 5.91 Å². The Hall–Kier alpha value is -1.40. The van der Waals surface area contributed by atoms with E-state index in [1.54, 1.807) is 25.1 Å². The molecule has 0 aliphatic carbocycles. The molecule has 0 radical (unpaired) electrons. The van der Waals surface area contributed by atoms with Crippen LogP contribution in [0.4, 0.5) is 0 Å². The SMILES string of the molecule is CCS(=O)(=O)c1ccccc1C(=O)NCC1CNC1. The molecule has 1 fully saturated rings. The highest BCUT2D eigenvalue weighted by atomic mass is 32.2. The summed E-state index contributed by atoms with van der Waals surface area (Å²) in [5.41, 5.74) is 0.233. The Morgan fingerprint density at radius 2 is 2.05 bits per heavy atom. The van der Waals surface area contributed by atoms with Crippen molar-refractivity contribution in [2.24, 2.45) is 5.92 Å². The second-order valence-corrected chi connectivity index (χ2v) is 6.88. The van der Waals surface area contributed by atoms with E-state index in [4.69, 9.17) is 0 Å². The fourth-order valence-electron chi connectivity index (χ4n) is 1.91. The maximum atomic E-state index is 12.1. The van der Waals surface area contributed by atoms with Crippen LogP contribution >= 0.6 is 0 Å². The molecule has 1 saturated heterocycles. The van der Waals surface area contributed by atoms with Crippen molar-refractivity contribution >= 4 is 15.7 Å². The first kappa shape index (κ1) is 14.0. The Labute approximate surface area is 113 Å². The zero-order chi connectivity index (χ0) is 13.9. The molecule has 1 aliphatic rings. The van der Waals surface area contributed by atoms with E-state index in [9.17, 15) is 13.2 Å². The number of nitrogens with one attached hydrogen (secondary N) is 2. The van der Waals surface area contributed by atoms with E-state index < -0.39 is 9.84 Å². The predicted molar refractivity (Wildman–Crippen MR) is 72.9 cm³/mol. The molecule has 0 spiro atoms. The molecular formula is C13H18N2O3S. The van der Waals surface area contributed by atoms with Crippen molar-refractivity contribution in [1.82, 2.24) is 10.6 Å². The highest BCUT2D eigenvalue weighted by Gasteiger charge is 2.22. The Morgan fingerprint density at radius 3 is 2.63 bits per heavy atom. The van der Waals surface area contributed by atoms with E-state index >= 15 is 0 Å². The summed E-state index contributed by atoms with van der Waals surface area (Å²) < 4.78 is 23.9. The number of rotatable bonds is 5. The Balaban J connectivity index is 2.16. The summed E-state index contributed by atoms with van der Waals surface area (Å²) in [6.45, 7) is 3.95. The van der Waals surface area contributed by atoms with Gasteiger partial charge in [0.1, 0.15) is 0 Å². The van der Waals surface area contributed by atoms with Crippen LogP contribution in [0.15, 0.2) is 29.2 Å². The molecule has 6 heteroatoms. The summed E-state index contributed by atoms with van der Waals surface area (Å²) in [6, 6.07) is 6.35. The topological polar surface area (TPSA) is 75.3 Å². The molecule has 2 N–H and O–H groups in total. The van der Waals surface area contributed by atoms with Gasteiger partial charge in [0.05, 0.1) is 16.2 Å². The minimum absolute atomic E-state index is 0.0101. The number of sulfone groups is 1. The molecule has 5 nitrogen and oxygen atoms in total. The minimum Gasteiger partial charge on any atom is -0.352 e. The Bertz CT molecular complexity index is 565. The molecule has 104 valence electrons.